The van der Waals surface area contributed by atoms with Crippen molar-refractivity contribution >= 4 is 29.0 Å². The zero-order valence-corrected chi connectivity index (χ0v) is 23.2. The summed E-state index contributed by atoms with van der Waals surface area (Å²) >= 11 is 0. The number of piperazine rings is 1. The molecule has 2 fully saturated rings. The zero-order chi connectivity index (χ0) is 30.3. The number of halogens is 3. The largest absolute Gasteiger partial charge is 0.433 e. The van der Waals surface area contributed by atoms with Crippen LogP contribution in [0.5, 0.6) is 0 Å². The van der Waals surface area contributed by atoms with Gasteiger partial charge in [-0.3, -0.25) is 19.1 Å². The number of aryl methyl sites for hydroxylation is 1. The van der Waals surface area contributed by atoms with Gasteiger partial charge in [0.15, 0.2) is 11.5 Å². The van der Waals surface area contributed by atoms with Crippen LogP contribution in [0.1, 0.15) is 28.0 Å². The zero-order valence-electron chi connectivity index (χ0n) is 23.2. The number of fused-ring (bicyclic) bond motifs is 1. The third-order valence-corrected chi connectivity index (χ3v) is 7.99. The van der Waals surface area contributed by atoms with Crippen LogP contribution in [0.4, 0.5) is 24.7 Å². The number of nitrogens with one attached hydrogen (secondary N) is 3. The summed E-state index contributed by atoms with van der Waals surface area (Å²) in [7, 11) is 0. The van der Waals surface area contributed by atoms with Gasteiger partial charge < -0.3 is 25.5 Å². The van der Waals surface area contributed by atoms with E-state index in [4.69, 9.17) is 0 Å². The third-order valence-electron chi connectivity index (χ3n) is 7.99. The first-order valence-electron chi connectivity index (χ1n) is 13.9. The molecule has 0 aliphatic carbocycles. The molecule has 2 atom stereocenters. The number of hydrogen-bond acceptors (Lipinski definition) is 8. The number of nitrogens with zero attached hydrogens (tertiary/aromatic N) is 6. The minimum absolute atomic E-state index is 0.0634. The smallest absolute Gasteiger partial charge is 0.391 e. The van der Waals surface area contributed by atoms with E-state index in [1.807, 2.05) is 12.0 Å². The molecule has 2 saturated heterocycles. The number of carbonyl (C=O) groups is 2. The number of hydrogen-bond donors (Lipinski definition) is 4. The number of amides is 2. The Balaban J connectivity index is 1.14. The summed E-state index contributed by atoms with van der Waals surface area (Å²) in [6.07, 6.45) is 0.690. The van der Waals surface area contributed by atoms with E-state index < -0.39 is 23.9 Å². The highest BCUT2D eigenvalue weighted by molar-refractivity contribution is 5.96. The van der Waals surface area contributed by atoms with Gasteiger partial charge in [-0.1, -0.05) is 0 Å². The maximum atomic E-state index is 13.4. The van der Waals surface area contributed by atoms with Crippen LogP contribution < -0.4 is 10.6 Å². The fraction of sp³-hybridized carbons (Fsp3) is 0.393. The highest BCUT2D eigenvalue weighted by Gasteiger charge is 2.37. The fourth-order valence-corrected chi connectivity index (χ4v) is 5.69. The molecule has 12 nitrogen and oxygen atoms in total. The van der Waals surface area contributed by atoms with Crippen molar-refractivity contribution in [1.29, 1.82) is 0 Å². The molecule has 0 saturated carbocycles. The maximum absolute atomic E-state index is 13.4. The lowest BCUT2D eigenvalue weighted by Crippen LogP contribution is -2.55. The molecule has 0 spiro atoms. The quantitative estimate of drug-likeness (QED) is 0.275. The Hall–Kier alpha value is -4.50. The highest BCUT2D eigenvalue weighted by Crippen LogP contribution is 2.36. The molecular weight excluding hydrogens is 567 g/mol. The molecule has 3 aromatic heterocycles. The van der Waals surface area contributed by atoms with E-state index in [2.05, 4.69) is 25.7 Å². The molecule has 2 aliphatic heterocycles. The minimum Gasteiger partial charge on any atom is -0.391 e. The molecule has 0 radical (unpaired) electrons. The summed E-state index contributed by atoms with van der Waals surface area (Å²) in [4.78, 5) is 38.3. The predicted octanol–water partition coefficient (Wildman–Crippen LogP) is 2.45. The lowest BCUT2D eigenvalue weighted by molar-refractivity contribution is -0.142. The number of aromatic amines is 1. The van der Waals surface area contributed by atoms with Crippen molar-refractivity contribution in [2.45, 2.75) is 25.6 Å². The topological polar surface area (TPSA) is 144 Å². The van der Waals surface area contributed by atoms with Crippen molar-refractivity contribution < 1.29 is 27.9 Å². The molecule has 0 unspecified atom stereocenters. The molecule has 43 heavy (non-hydrogen) atoms. The molecule has 5 heterocycles. The normalized spacial score (nSPS) is 19.6. The Morgan fingerprint density at radius 3 is 2.58 bits per heavy atom. The van der Waals surface area contributed by atoms with Crippen LogP contribution in [0.3, 0.4) is 0 Å². The van der Waals surface area contributed by atoms with Gasteiger partial charge in [0.25, 0.3) is 5.91 Å². The average molecular weight is 598 g/mol. The lowest BCUT2D eigenvalue weighted by Gasteiger charge is -2.38. The van der Waals surface area contributed by atoms with E-state index in [-0.39, 0.29) is 23.1 Å². The minimum atomic E-state index is -4.61. The highest BCUT2D eigenvalue weighted by atomic mass is 19.4. The van der Waals surface area contributed by atoms with Crippen molar-refractivity contribution in [3.8, 4) is 11.3 Å². The number of anilines is 2. The first-order valence-corrected chi connectivity index (χ1v) is 13.9. The molecular formula is C28H30F3N9O3. The van der Waals surface area contributed by atoms with Crippen LogP contribution in [-0.4, -0.2) is 96.7 Å². The molecule has 0 bridgehead atoms. The standard InChI is InChI=1S/C28H30F3N9O3/c1-16-12-17(36-24-25-34-14-21(40(25)7-6-33-24)20-13-35-37-23(20)28(29,30)31)2-3-18(16)26(42)38-8-10-39(11-9-38)27(43)19-4-5-32-15-22(19)41/h2-3,6-7,12-14,19,22,32,41H,4-5,8-11,15H2,1H3,(H,33,36)(H,35,37)/t19-,22+/m1/s1. The maximum Gasteiger partial charge on any atom is 0.433 e. The van der Waals surface area contributed by atoms with Crippen LogP contribution in [0.2, 0.25) is 0 Å². The number of aliphatic hydroxyl groups is 1. The van der Waals surface area contributed by atoms with Crippen molar-refractivity contribution in [3.63, 3.8) is 0 Å². The number of aliphatic hydroxyl groups excluding tert-OH is 1. The molecule has 4 N–H and O–H groups in total. The number of alkyl halides is 3. The number of rotatable bonds is 5. The fourth-order valence-electron chi connectivity index (χ4n) is 5.69. The first-order chi connectivity index (χ1) is 20.6. The van der Waals surface area contributed by atoms with Crippen LogP contribution in [-0.2, 0) is 11.0 Å². The number of benzene rings is 1. The first kappa shape index (κ1) is 28.6. The van der Waals surface area contributed by atoms with E-state index in [1.165, 1.54) is 23.0 Å². The van der Waals surface area contributed by atoms with E-state index in [0.29, 0.717) is 68.4 Å². The Morgan fingerprint density at radius 2 is 1.86 bits per heavy atom. The summed E-state index contributed by atoms with van der Waals surface area (Å²) in [5.74, 6) is -0.296. The average Bonchev–Trinajstić information content (AvgIpc) is 3.65. The van der Waals surface area contributed by atoms with Crippen LogP contribution >= 0.6 is 0 Å². The van der Waals surface area contributed by atoms with Gasteiger partial charge in [0, 0.05) is 56.4 Å². The van der Waals surface area contributed by atoms with Crippen molar-refractivity contribution in [3.05, 3.63) is 59.8 Å². The number of piperidine rings is 1. The van der Waals surface area contributed by atoms with Crippen LogP contribution in [0, 0.1) is 12.8 Å². The Bertz CT molecular complexity index is 1660. The van der Waals surface area contributed by atoms with Gasteiger partial charge in [-0.25, -0.2) is 9.97 Å². The van der Waals surface area contributed by atoms with Gasteiger partial charge in [0.1, 0.15) is 5.69 Å². The lowest BCUT2D eigenvalue weighted by atomic mass is 9.93. The van der Waals surface area contributed by atoms with Crippen LogP contribution in [0.15, 0.2) is 43.0 Å². The molecule has 2 amide bonds. The Morgan fingerprint density at radius 1 is 1.09 bits per heavy atom. The van der Waals surface area contributed by atoms with Crippen LogP contribution in [0.25, 0.3) is 16.9 Å². The second-order valence-electron chi connectivity index (χ2n) is 10.7. The van der Waals surface area contributed by atoms with Crippen molar-refractivity contribution in [1.82, 2.24) is 39.7 Å². The second kappa shape index (κ2) is 11.3. The van der Waals surface area contributed by atoms with E-state index in [1.54, 1.807) is 28.0 Å². The monoisotopic (exact) mass is 597 g/mol. The SMILES string of the molecule is Cc1cc(Nc2nccn3c(-c4cn[nH]c4C(F)(F)F)cnc23)ccc1C(=O)N1CCN(C(=O)[C@@H]2CCNC[C@@H]2O)CC1. The molecule has 15 heteroatoms. The second-order valence-corrected chi connectivity index (χ2v) is 10.7. The summed E-state index contributed by atoms with van der Waals surface area (Å²) in [6, 6.07) is 5.23. The van der Waals surface area contributed by atoms with Gasteiger partial charge in [0.05, 0.1) is 35.7 Å². The molecule has 6 rings (SSSR count). The molecule has 2 aliphatic rings. The van der Waals surface area contributed by atoms with Gasteiger partial charge in [0.2, 0.25) is 5.91 Å². The summed E-state index contributed by atoms with van der Waals surface area (Å²) in [5.41, 5.74) is 1.27. The number of imidazole rings is 1. The van der Waals surface area contributed by atoms with Gasteiger partial charge in [-0.05, 0) is 43.7 Å². The molecule has 226 valence electrons. The van der Waals surface area contributed by atoms with E-state index in [0.717, 1.165) is 11.8 Å². The molecule has 1 aromatic carbocycles. The molecule has 4 aromatic rings. The Kier molecular flexibility index (Phi) is 7.52. The van der Waals surface area contributed by atoms with Crippen molar-refractivity contribution in [2.75, 3.05) is 44.6 Å². The van der Waals surface area contributed by atoms with E-state index >= 15 is 0 Å². The van der Waals surface area contributed by atoms with Crippen molar-refractivity contribution in [2.24, 2.45) is 5.92 Å². The Labute approximate surface area is 243 Å². The van der Waals surface area contributed by atoms with Gasteiger partial charge >= 0.3 is 6.18 Å². The van der Waals surface area contributed by atoms with Gasteiger partial charge in [-0.2, -0.15) is 18.3 Å². The summed E-state index contributed by atoms with van der Waals surface area (Å²) < 4.78 is 41.8. The summed E-state index contributed by atoms with van der Waals surface area (Å²) in [5, 5.41) is 22.0. The number of carbonyl (C=O) groups excluding carboxylic acids is 2. The number of β-amino-alcohol motifs (C(OH)–C–C–N with tert-alkyl or cyclic N) is 1. The van der Waals surface area contributed by atoms with E-state index in [9.17, 15) is 27.9 Å². The summed E-state index contributed by atoms with van der Waals surface area (Å²) in [6.45, 7) is 4.52. The number of aromatic nitrogens is 5. The number of H-pyrrole nitrogens is 1. The predicted molar refractivity (Wildman–Crippen MR) is 149 cm³/mol. The van der Waals surface area contributed by atoms with Gasteiger partial charge in [-0.15, -0.1) is 0 Å². The third kappa shape index (κ3) is 5.52.